The molecule has 6 nitrogen and oxygen atoms in total. The molecule has 2 aromatic rings. The number of carbonyl (C=O) groups excluding carboxylic acids is 2. The van der Waals surface area contributed by atoms with Crippen LogP contribution in [-0.4, -0.2) is 31.6 Å². The summed E-state index contributed by atoms with van der Waals surface area (Å²) in [7, 11) is 0. The normalized spacial score (nSPS) is 13.9. The summed E-state index contributed by atoms with van der Waals surface area (Å²) < 4.78 is 11.2. The van der Waals surface area contributed by atoms with E-state index < -0.39 is 0 Å². The molecule has 7 heteroatoms. The summed E-state index contributed by atoms with van der Waals surface area (Å²) in [6.45, 7) is 5.49. The van der Waals surface area contributed by atoms with Gasteiger partial charge in [0.15, 0.2) is 11.5 Å². The minimum atomic E-state index is -0.156. The highest BCUT2D eigenvalue weighted by Gasteiger charge is 2.21. The number of thiophene rings is 1. The molecule has 1 aliphatic rings. The molecule has 0 bridgehead atoms. The maximum absolute atomic E-state index is 12.4. The van der Waals surface area contributed by atoms with Crippen LogP contribution < -0.4 is 20.1 Å². The van der Waals surface area contributed by atoms with Gasteiger partial charge in [-0.25, -0.2) is 0 Å². The van der Waals surface area contributed by atoms with Gasteiger partial charge in [-0.05, 0) is 35.1 Å². The molecule has 27 heavy (non-hydrogen) atoms. The molecule has 1 aliphatic heterocycles. The third-order valence-corrected chi connectivity index (χ3v) is 5.01. The number of ether oxygens (including phenoxy) is 2. The molecule has 0 fully saturated rings. The highest BCUT2D eigenvalue weighted by atomic mass is 32.1. The van der Waals surface area contributed by atoms with E-state index in [-0.39, 0.29) is 30.2 Å². The predicted octanol–water partition coefficient (Wildman–Crippen LogP) is 3.15. The van der Waals surface area contributed by atoms with Gasteiger partial charge in [0, 0.05) is 23.9 Å². The zero-order valence-electron chi connectivity index (χ0n) is 15.5. The molecule has 144 valence electrons. The van der Waals surface area contributed by atoms with Gasteiger partial charge in [-0.1, -0.05) is 19.9 Å². The number of hydrogen-bond acceptors (Lipinski definition) is 5. The highest BCUT2D eigenvalue weighted by molar-refractivity contribution is 7.08. The Hall–Kier alpha value is -2.54. The SMILES string of the molecule is CC(C)C(NC(=O)CCNC(=O)c1ccsc1)c1ccc2c(c1)OCCO2. The van der Waals surface area contributed by atoms with Crippen LogP contribution in [-0.2, 0) is 4.79 Å². The first-order valence-electron chi connectivity index (χ1n) is 9.04. The molecule has 0 spiro atoms. The van der Waals surface area contributed by atoms with Crippen molar-refractivity contribution >= 4 is 23.2 Å². The van der Waals surface area contributed by atoms with Gasteiger partial charge in [0.05, 0.1) is 6.04 Å². The first-order chi connectivity index (χ1) is 13.0. The predicted molar refractivity (Wildman–Crippen MR) is 104 cm³/mol. The molecule has 2 amide bonds. The van der Waals surface area contributed by atoms with Crippen LogP contribution in [0.5, 0.6) is 11.5 Å². The number of carbonyl (C=O) groups is 2. The molecule has 1 aromatic carbocycles. The third kappa shape index (κ3) is 5.01. The topological polar surface area (TPSA) is 76.7 Å². The molecule has 0 radical (unpaired) electrons. The van der Waals surface area contributed by atoms with E-state index in [2.05, 4.69) is 24.5 Å². The fourth-order valence-corrected chi connectivity index (χ4v) is 3.56. The maximum Gasteiger partial charge on any atom is 0.252 e. The van der Waals surface area contributed by atoms with E-state index in [0.717, 1.165) is 11.3 Å². The standard InChI is InChI=1S/C20H24N2O4S/c1-13(2)19(14-3-4-16-17(11-14)26-9-8-25-16)22-18(23)5-7-21-20(24)15-6-10-27-12-15/h3-4,6,10-13,19H,5,7-9H2,1-2H3,(H,21,24)(H,22,23). The number of fused-ring (bicyclic) bond motifs is 1. The highest BCUT2D eigenvalue weighted by Crippen LogP contribution is 2.34. The van der Waals surface area contributed by atoms with Crippen LogP contribution in [0.3, 0.4) is 0 Å². The molecule has 0 saturated carbocycles. The summed E-state index contributed by atoms with van der Waals surface area (Å²) in [5.74, 6) is 1.39. The van der Waals surface area contributed by atoms with Gasteiger partial charge in [-0.15, -0.1) is 0 Å². The van der Waals surface area contributed by atoms with Crippen molar-refractivity contribution < 1.29 is 19.1 Å². The Kier molecular flexibility index (Phi) is 6.34. The Morgan fingerprint density at radius 3 is 2.63 bits per heavy atom. The lowest BCUT2D eigenvalue weighted by atomic mass is 9.95. The summed E-state index contributed by atoms with van der Waals surface area (Å²) in [6.07, 6.45) is 0.226. The number of hydrogen-bond donors (Lipinski definition) is 2. The summed E-state index contributed by atoms with van der Waals surface area (Å²) in [6, 6.07) is 7.39. The van der Waals surface area contributed by atoms with Crippen LogP contribution in [0.1, 0.15) is 42.2 Å². The van der Waals surface area contributed by atoms with Gasteiger partial charge in [-0.2, -0.15) is 11.3 Å². The summed E-state index contributed by atoms with van der Waals surface area (Å²) >= 11 is 1.47. The second-order valence-electron chi connectivity index (χ2n) is 6.71. The zero-order chi connectivity index (χ0) is 19.2. The zero-order valence-corrected chi connectivity index (χ0v) is 16.3. The fourth-order valence-electron chi connectivity index (χ4n) is 2.92. The Morgan fingerprint density at radius 1 is 1.15 bits per heavy atom. The monoisotopic (exact) mass is 388 g/mol. The van der Waals surface area contributed by atoms with Crippen LogP contribution in [0.4, 0.5) is 0 Å². The summed E-state index contributed by atoms with van der Waals surface area (Å²) in [5.41, 5.74) is 1.60. The number of nitrogens with one attached hydrogen (secondary N) is 2. The molecule has 3 rings (SSSR count). The Balaban J connectivity index is 1.56. The average molecular weight is 388 g/mol. The third-order valence-electron chi connectivity index (χ3n) is 4.33. The van der Waals surface area contributed by atoms with E-state index in [1.165, 1.54) is 11.3 Å². The second kappa shape index (κ2) is 8.90. The van der Waals surface area contributed by atoms with Gasteiger partial charge in [0.2, 0.25) is 5.91 Å². The van der Waals surface area contributed by atoms with Gasteiger partial charge in [-0.3, -0.25) is 9.59 Å². The first-order valence-corrected chi connectivity index (χ1v) is 9.98. The van der Waals surface area contributed by atoms with Crippen LogP contribution in [0.2, 0.25) is 0 Å². The van der Waals surface area contributed by atoms with E-state index in [1.54, 1.807) is 11.4 Å². The molecule has 0 aliphatic carbocycles. The molecule has 0 saturated heterocycles. The van der Waals surface area contributed by atoms with Crippen LogP contribution >= 0.6 is 11.3 Å². The molecular weight excluding hydrogens is 364 g/mol. The van der Waals surface area contributed by atoms with Gasteiger partial charge in [0.25, 0.3) is 5.91 Å². The first kappa shape index (κ1) is 19.2. The van der Waals surface area contributed by atoms with Crippen LogP contribution in [0.15, 0.2) is 35.0 Å². The van der Waals surface area contributed by atoms with Crippen molar-refractivity contribution in [2.45, 2.75) is 26.3 Å². The van der Waals surface area contributed by atoms with Crippen molar-refractivity contribution in [3.05, 3.63) is 46.2 Å². The quantitative estimate of drug-likeness (QED) is 0.764. The van der Waals surface area contributed by atoms with Crippen molar-refractivity contribution in [2.24, 2.45) is 5.92 Å². The lowest BCUT2D eigenvalue weighted by molar-refractivity contribution is -0.122. The van der Waals surface area contributed by atoms with Crippen LogP contribution in [0, 0.1) is 5.92 Å². The maximum atomic E-state index is 12.4. The largest absolute Gasteiger partial charge is 0.486 e. The molecule has 1 aromatic heterocycles. The second-order valence-corrected chi connectivity index (χ2v) is 7.49. The molecule has 1 unspecified atom stereocenters. The number of benzene rings is 1. The lowest BCUT2D eigenvalue weighted by Gasteiger charge is -2.25. The minimum Gasteiger partial charge on any atom is -0.486 e. The van der Waals surface area contributed by atoms with Gasteiger partial charge < -0.3 is 20.1 Å². The van der Waals surface area contributed by atoms with E-state index in [9.17, 15) is 9.59 Å². The van der Waals surface area contributed by atoms with Crippen molar-refractivity contribution in [2.75, 3.05) is 19.8 Å². The fraction of sp³-hybridized carbons (Fsp3) is 0.400. The molecule has 2 heterocycles. The Bertz CT molecular complexity index is 789. The summed E-state index contributed by atoms with van der Waals surface area (Å²) in [5, 5.41) is 9.47. The summed E-state index contributed by atoms with van der Waals surface area (Å²) in [4.78, 5) is 24.3. The lowest BCUT2D eigenvalue weighted by Crippen LogP contribution is -2.34. The van der Waals surface area contributed by atoms with E-state index >= 15 is 0 Å². The van der Waals surface area contributed by atoms with Gasteiger partial charge >= 0.3 is 0 Å². The van der Waals surface area contributed by atoms with E-state index in [1.807, 2.05) is 23.6 Å². The molecule has 2 N–H and O–H groups in total. The average Bonchev–Trinajstić information content (AvgIpc) is 3.20. The number of rotatable bonds is 7. The molecular formula is C20H24N2O4S. The Morgan fingerprint density at radius 2 is 1.93 bits per heavy atom. The minimum absolute atomic E-state index is 0.103. The Labute approximate surface area is 162 Å². The number of amides is 2. The van der Waals surface area contributed by atoms with Crippen molar-refractivity contribution in [1.29, 1.82) is 0 Å². The molecule has 1 atom stereocenters. The van der Waals surface area contributed by atoms with Gasteiger partial charge in [0.1, 0.15) is 13.2 Å². The van der Waals surface area contributed by atoms with Crippen LogP contribution in [0.25, 0.3) is 0 Å². The van der Waals surface area contributed by atoms with Crippen molar-refractivity contribution in [3.8, 4) is 11.5 Å². The van der Waals surface area contributed by atoms with E-state index in [0.29, 0.717) is 31.1 Å². The van der Waals surface area contributed by atoms with E-state index in [4.69, 9.17) is 9.47 Å². The van der Waals surface area contributed by atoms with Crippen molar-refractivity contribution in [1.82, 2.24) is 10.6 Å². The van der Waals surface area contributed by atoms with Crippen molar-refractivity contribution in [3.63, 3.8) is 0 Å². The smallest absolute Gasteiger partial charge is 0.252 e.